The number of halogens is 1. The number of hydrogen-bond acceptors (Lipinski definition) is 8. The Balaban J connectivity index is 1.96. The summed E-state index contributed by atoms with van der Waals surface area (Å²) < 4.78 is 35.7. The molecule has 0 aliphatic heterocycles. The van der Waals surface area contributed by atoms with Gasteiger partial charge in [0.2, 0.25) is 0 Å². The maximum atomic E-state index is 12.3. The van der Waals surface area contributed by atoms with E-state index < -0.39 is 12.2 Å². The third-order valence-corrected chi connectivity index (χ3v) is 6.76. The van der Waals surface area contributed by atoms with Crippen LogP contribution < -0.4 is 9.47 Å². The maximum Gasteiger partial charge on any atom is 0.306 e. The van der Waals surface area contributed by atoms with Crippen molar-refractivity contribution in [3.8, 4) is 11.5 Å². The minimum Gasteiger partial charge on any atom is -0.488 e. The van der Waals surface area contributed by atoms with Crippen LogP contribution in [0.25, 0.3) is 21.5 Å². The highest BCUT2D eigenvalue weighted by molar-refractivity contribution is 6.31. The zero-order chi connectivity index (χ0) is 31.0. The lowest BCUT2D eigenvalue weighted by Gasteiger charge is -2.23. The minimum absolute atomic E-state index is 0.106. The second kappa shape index (κ2) is 18.6. The van der Waals surface area contributed by atoms with Crippen LogP contribution >= 0.6 is 11.6 Å². The summed E-state index contributed by atoms with van der Waals surface area (Å²) in [6.07, 6.45) is 2.63. The average molecular weight is 617 g/mol. The Labute approximate surface area is 259 Å². The highest BCUT2D eigenvalue weighted by atomic mass is 35.5. The summed E-state index contributed by atoms with van der Waals surface area (Å²) in [7, 11) is 0. The van der Waals surface area contributed by atoms with Gasteiger partial charge in [-0.3, -0.25) is 9.59 Å². The number of carbonyl (C=O) groups is 2. The van der Waals surface area contributed by atoms with E-state index in [0.717, 1.165) is 34.4 Å². The van der Waals surface area contributed by atoms with Crippen LogP contribution in [-0.4, -0.2) is 63.8 Å². The van der Waals surface area contributed by atoms with Crippen LogP contribution in [0.4, 0.5) is 0 Å². The van der Waals surface area contributed by atoms with Crippen molar-refractivity contribution >= 4 is 45.1 Å². The monoisotopic (exact) mass is 616 g/mol. The second-order valence-corrected chi connectivity index (χ2v) is 10.8. The van der Waals surface area contributed by atoms with Gasteiger partial charge in [0.05, 0.1) is 13.2 Å². The predicted octanol–water partition coefficient (Wildman–Crippen LogP) is 7.68. The maximum absolute atomic E-state index is 12.3. The zero-order valence-electron chi connectivity index (χ0n) is 25.8. The molecule has 3 rings (SSSR count). The van der Waals surface area contributed by atoms with Crippen LogP contribution in [-0.2, 0) is 28.5 Å². The second-order valence-electron chi connectivity index (χ2n) is 10.4. The average Bonchev–Trinajstić information content (AvgIpc) is 2.98. The molecule has 43 heavy (non-hydrogen) atoms. The Bertz CT molecular complexity index is 1310. The third-order valence-electron chi connectivity index (χ3n) is 6.52. The standard InChI is InChI=1S/C34H45ClO8/c1-5-11-31(36)42-25(20-38-17-7-3)22-40-33-27-13-9-10-14-28(27)34(30-19-24(35)15-16-29(30)33)41-23-26(21-39-18-8-4)43-32(37)12-6-2/h9-10,13-16,19,25-26H,5-8,11-12,17-18,20-23H2,1-4H3. The summed E-state index contributed by atoms with van der Waals surface area (Å²) in [5.74, 6) is 0.664. The van der Waals surface area contributed by atoms with Crippen molar-refractivity contribution in [2.45, 2.75) is 78.4 Å². The summed E-state index contributed by atoms with van der Waals surface area (Å²) in [6, 6.07) is 13.3. The Morgan fingerprint density at radius 3 is 1.56 bits per heavy atom. The molecule has 236 valence electrons. The van der Waals surface area contributed by atoms with Crippen molar-refractivity contribution in [3.63, 3.8) is 0 Å². The van der Waals surface area contributed by atoms with Gasteiger partial charge in [-0.25, -0.2) is 0 Å². The molecule has 2 atom stereocenters. The lowest BCUT2D eigenvalue weighted by molar-refractivity contribution is -0.155. The van der Waals surface area contributed by atoms with Crippen LogP contribution in [0.2, 0.25) is 5.02 Å². The van der Waals surface area contributed by atoms with Gasteiger partial charge in [-0.1, -0.05) is 63.6 Å². The van der Waals surface area contributed by atoms with E-state index in [2.05, 4.69) is 0 Å². The van der Waals surface area contributed by atoms with Crippen molar-refractivity contribution in [1.82, 2.24) is 0 Å². The van der Waals surface area contributed by atoms with E-state index in [1.807, 2.05) is 64.1 Å². The Kier molecular flexibility index (Phi) is 14.9. The molecule has 0 radical (unpaired) electrons. The molecule has 0 aliphatic rings. The molecule has 0 fully saturated rings. The zero-order valence-corrected chi connectivity index (χ0v) is 26.6. The summed E-state index contributed by atoms with van der Waals surface area (Å²) in [5, 5.41) is 3.70. The minimum atomic E-state index is -0.573. The van der Waals surface area contributed by atoms with Crippen LogP contribution in [0.3, 0.4) is 0 Å². The normalized spacial score (nSPS) is 12.7. The van der Waals surface area contributed by atoms with Gasteiger partial charge in [0.25, 0.3) is 0 Å². The first kappa shape index (κ1) is 34.4. The van der Waals surface area contributed by atoms with Gasteiger partial charge in [-0.2, -0.15) is 0 Å². The molecule has 0 bridgehead atoms. The van der Waals surface area contributed by atoms with Crippen LogP contribution in [0.1, 0.15) is 66.2 Å². The van der Waals surface area contributed by atoms with Gasteiger partial charge in [0, 0.05) is 52.6 Å². The molecule has 9 heteroatoms. The van der Waals surface area contributed by atoms with Crippen molar-refractivity contribution in [3.05, 3.63) is 47.5 Å². The molecular formula is C34H45ClO8. The molecule has 0 spiro atoms. The molecule has 3 aromatic rings. The lowest BCUT2D eigenvalue weighted by atomic mass is 10.0. The van der Waals surface area contributed by atoms with E-state index >= 15 is 0 Å². The van der Waals surface area contributed by atoms with Gasteiger partial charge in [-0.15, -0.1) is 0 Å². The first-order valence-electron chi connectivity index (χ1n) is 15.4. The molecule has 0 aliphatic carbocycles. The van der Waals surface area contributed by atoms with Gasteiger partial charge in [0.1, 0.15) is 24.7 Å². The molecule has 0 saturated carbocycles. The molecule has 0 N–H and O–H groups in total. The van der Waals surface area contributed by atoms with E-state index in [4.69, 9.17) is 40.0 Å². The molecule has 0 amide bonds. The molecule has 3 aromatic carbocycles. The predicted molar refractivity (Wildman–Crippen MR) is 169 cm³/mol. The summed E-state index contributed by atoms with van der Waals surface area (Å²) in [6.45, 7) is 9.74. The summed E-state index contributed by atoms with van der Waals surface area (Å²) >= 11 is 6.47. The molecule has 2 unspecified atom stereocenters. The number of benzene rings is 3. The highest BCUT2D eigenvalue weighted by Crippen LogP contribution is 2.43. The number of rotatable bonds is 20. The van der Waals surface area contributed by atoms with Crippen molar-refractivity contribution in [2.75, 3.05) is 39.6 Å². The number of hydrogen-bond donors (Lipinski definition) is 0. The van der Waals surface area contributed by atoms with E-state index in [1.54, 1.807) is 6.07 Å². The SMILES string of the molecule is CCCOCC(COc1c2ccccc2c(OCC(COCCC)OC(=O)CCC)c2cc(Cl)ccc12)OC(=O)CCC. The van der Waals surface area contributed by atoms with Crippen LogP contribution in [0.15, 0.2) is 42.5 Å². The Morgan fingerprint density at radius 2 is 1.09 bits per heavy atom. The van der Waals surface area contributed by atoms with Gasteiger partial charge in [0.15, 0.2) is 12.2 Å². The van der Waals surface area contributed by atoms with Crippen molar-refractivity contribution in [1.29, 1.82) is 0 Å². The lowest BCUT2D eigenvalue weighted by Crippen LogP contribution is -2.30. The first-order valence-corrected chi connectivity index (χ1v) is 15.7. The van der Waals surface area contributed by atoms with Crippen LogP contribution in [0.5, 0.6) is 11.5 Å². The molecule has 0 saturated heterocycles. The molecule has 0 aromatic heterocycles. The van der Waals surface area contributed by atoms with Crippen molar-refractivity contribution < 1.29 is 38.0 Å². The molecule has 0 heterocycles. The van der Waals surface area contributed by atoms with E-state index in [-0.39, 0.29) is 38.4 Å². The fraction of sp³-hybridized carbons (Fsp3) is 0.529. The van der Waals surface area contributed by atoms with E-state index in [1.165, 1.54) is 0 Å². The van der Waals surface area contributed by atoms with Gasteiger partial charge in [-0.05, 0) is 43.9 Å². The quantitative estimate of drug-likeness (QED) is 0.0725. The summed E-state index contributed by atoms with van der Waals surface area (Å²) in [5.41, 5.74) is 0. The summed E-state index contributed by atoms with van der Waals surface area (Å²) in [4.78, 5) is 24.6. The first-order chi connectivity index (χ1) is 20.9. The van der Waals surface area contributed by atoms with E-state index in [9.17, 15) is 9.59 Å². The number of fused-ring (bicyclic) bond motifs is 2. The highest BCUT2D eigenvalue weighted by Gasteiger charge is 2.22. The third kappa shape index (κ3) is 10.6. The smallest absolute Gasteiger partial charge is 0.306 e. The Hall–Kier alpha value is -3.07. The van der Waals surface area contributed by atoms with Gasteiger partial charge < -0.3 is 28.4 Å². The molecular weight excluding hydrogens is 572 g/mol. The molecule has 8 nitrogen and oxygen atoms in total. The largest absolute Gasteiger partial charge is 0.488 e. The number of carbonyl (C=O) groups excluding carboxylic acids is 2. The van der Waals surface area contributed by atoms with E-state index in [0.29, 0.717) is 55.4 Å². The fourth-order valence-corrected chi connectivity index (χ4v) is 4.76. The number of ether oxygens (including phenoxy) is 6. The Morgan fingerprint density at radius 1 is 0.628 bits per heavy atom. The fourth-order valence-electron chi connectivity index (χ4n) is 4.58. The number of esters is 2. The van der Waals surface area contributed by atoms with Gasteiger partial charge >= 0.3 is 11.9 Å². The van der Waals surface area contributed by atoms with Crippen LogP contribution in [0, 0.1) is 0 Å². The topological polar surface area (TPSA) is 89.5 Å². The van der Waals surface area contributed by atoms with Crippen molar-refractivity contribution in [2.24, 2.45) is 0 Å².